The Labute approximate surface area is 213 Å². The Hall–Kier alpha value is -4.71. The zero-order chi connectivity index (χ0) is 25.4. The van der Waals surface area contributed by atoms with Gasteiger partial charge < -0.3 is 15.1 Å². The van der Waals surface area contributed by atoms with Gasteiger partial charge in [-0.25, -0.2) is 4.98 Å². The molecular formula is C28H25N7O2. The Bertz CT molecular complexity index is 1530. The van der Waals surface area contributed by atoms with Crippen molar-refractivity contribution in [2.75, 3.05) is 34.8 Å². The molecule has 2 aliphatic rings. The van der Waals surface area contributed by atoms with Crippen LogP contribution in [-0.4, -0.2) is 46.2 Å². The van der Waals surface area contributed by atoms with Crippen molar-refractivity contribution in [3.63, 3.8) is 0 Å². The normalized spacial score (nSPS) is 17.4. The van der Waals surface area contributed by atoms with Crippen LogP contribution in [0.4, 0.5) is 17.2 Å². The predicted molar refractivity (Wildman–Crippen MR) is 141 cm³/mol. The van der Waals surface area contributed by atoms with Gasteiger partial charge in [0.2, 0.25) is 11.8 Å². The third kappa shape index (κ3) is 4.27. The summed E-state index contributed by atoms with van der Waals surface area (Å²) in [6, 6.07) is 21.4. The van der Waals surface area contributed by atoms with Gasteiger partial charge in [-0.05, 0) is 55.3 Å². The van der Waals surface area contributed by atoms with Crippen molar-refractivity contribution in [3.8, 4) is 11.9 Å². The van der Waals surface area contributed by atoms with Crippen LogP contribution in [0.1, 0.15) is 24.8 Å². The summed E-state index contributed by atoms with van der Waals surface area (Å²) in [7, 11) is 0. The summed E-state index contributed by atoms with van der Waals surface area (Å²) < 4.78 is 1.45. The molecule has 1 N–H and O–H groups in total. The van der Waals surface area contributed by atoms with E-state index in [2.05, 4.69) is 26.4 Å². The molecule has 0 spiro atoms. The second-order valence-corrected chi connectivity index (χ2v) is 9.40. The number of hydrogen-bond donors (Lipinski definition) is 1. The molecule has 2 fully saturated rings. The first-order chi connectivity index (χ1) is 18.1. The summed E-state index contributed by atoms with van der Waals surface area (Å²) in [5, 5.41) is 17.7. The van der Waals surface area contributed by atoms with Gasteiger partial charge in [-0.3, -0.25) is 9.59 Å². The van der Waals surface area contributed by atoms with Crippen LogP contribution in [-0.2, 0) is 9.59 Å². The minimum atomic E-state index is -0.551. The van der Waals surface area contributed by atoms with E-state index in [1.54, 1.807) is 11.0 Å². The first kappa shape index (κ1) is 22.7. The average Bonchev–Trinajstić information content (AvgIpc) is 3.69. The number of amides is 2. The zero-order valence-corrected chi connectivity index (χ0v) is 20.2. The van der Waals surface area contributed by atoms with E-state index in [4.69, 9.17) is 0 Å². The summed E-state index contributed by atoms with van der Waals surface area (Å²) in [5.41, 5.74) is 2.94. The number of rotatable bonds is 5. The summed E-state index contributed by atoms with van der Waals surface area (Å²) in [6.07, 6.45) is 3.91. The van der Waals surface area contributed by atoms with E-state index in [0.29, 0.717) is 5.82 Å². The molecule has 0 aliphatic carbocycles. The number of hydrogen-bond acceptors (Lipinski definition) is 6. The Morgan fingerprint density at radius 3 is 2.54 bits per heavy atom. The molecule has 184 valence electrons. The van der Waals surface area contributed by atoms with Gasteiger partial charge in [-0.2, -0.15) is 15.0 Å². The second kappa shape index (κ2) is 9.39. The van der Waals surface area contributed by atoms with Crippen molar-refractivity contribution in [2.45, 2.75) is 19.3 Å². The van der Waals surface area contributed by atoms with Crippen molar-refractivity contribution in [3.05, 3.63) is 72.4 Å². The Morgan fingerprint density at radius 2 is 1.76 bits per heavy atom. The van der Waals surface area contributed by atoms with Gasteiger partial charge in [-0.1, -0.05) is 18.2 Å². The standard InChI is InChI=1S/C28H25N7O2/c29-16-21-17-30-35(25-12-7-19-5-1-2-6-24(19)31-25)27(21)32-28(37)20-15-26(36)34(18-20)23-10-8-22(9-11-23)33-13-3-4-14-33/h1-2,5-12,17,20H,3-4,13-15,18H2,(H,32,37). The minimum absolute atomic E-state index is 0.0979. The molecular weight excluding hydrogens is 466 g/mol. The van der Waals surface area contributed by atoms with Crippen molar-refractivity contribution < 1.29 is 9.59 Å². The smallest absolute Gasteiger partial charge is 0.231 e. The van der Waals surface area contributed by atoms with E-state index in [0.717, 1.165) is 35.4 Å². The Kier molecular flexibility index (Phi) is 5.77. The molecule has 2 aromatic heterocycles. The fourth-order valence-electron chi connectivity index (χ4n) is 5.07. The Morgan fingerprint density at radius 1 is 1.00 bits per heavy atom. The number of benzene rings is 2. The van der Waals surface area contributed by atoms with Gasteiger partial charge in [0.05, 0.1) is 17.6 Å². The number of pyridine rings is 1. The molecule has 37 heavy (non-hydrogen) atoms. The van der Waals surface area contributed by atoms with Crippen molar-refractivity contribution in [1.82, 2.24) is 14.8 Å². The average molecular weight is 492 g/mol. The number of nitrogens with one attached hydrogen (secondary N) is 1. The quantitative estimate of drug-likeness (QED) is 0.454. The molecule has 1 atom stereocenters. The number of fused-ring (bicyclic) bond motifs is 1. The zero-order valence-electron chi connectivity index (χ0n) is 20.2. The summed E-state index contributed by atoms with van der Waals surface area (Å²) in [6.45, 7) is 2.39. The van der Waals surface area contributed by atoms with Gasteiger partial charge in [0, 0.05) is 42.8 Å². The van der Waals surface area contributed by atoms with Crippen molar-refractivity contribution >= 4 is 39.9 Å². The molecule has 2 aromatic carbocycles. The third-order valence-corrected chi connectivity index (χ3v) is 7.06. The van der Waals surface area contributed by atoms with E-state index in [9.17, 15) is 14.9 Å². The molecule has 9 heteroatoms. The van der Waals surface area contributed by atoms with Crippen LogP contribution in [0.25, 0.3) is 16.7 Å². The lowest BCUT2D eigenvalue weighted by Gasteiger charge is -2.20. The highest BCUT2D eigenvalue weighted by molar-refractivity contribution is 6.03. The maximum atomic E-state index is 13.3. The highest BCUT2D eigenvalue weighted by Gasteiger charge is 2.36. The van der Waals surface area contributed by atoms with Crippen LogP contribution in [0, 0.1) is 17.2 Å². The topological polar surface area (TPSA) is 107 Å². The molecule has 4 heterocycles. The minimum Gasteiger partial charge on any atom is -0.372 e. The molecule has 0 saturated carbocycles. The fourth-order valence-corrected chi connectivity index (χ4v) is 5.07. The predicted octanol–water partition coefficient (Wildman–Crippen LogP) is 3.88. The lowest BCUT2D eigenvalue weighted by molar-refractivity contribution is -0.122. The largest absolute Gasteiger partial charge is 0.372 e. The van der Waals surface area contributed by atoms with E-state index < -0.39 is 5.92 Å². The summed E-state index contributed by atoms with van der Waals surface area (Å²) in [4.78, 5) is 34.7. The maximum Gasteiger partial charge on any atom is 0.231 e. The molecule has 9 nitrogen and oxygen atoms in total. The lowest BCUT2D eigenvalue weighted by atomic mass is 10.1. The number of anilines is 3. The van der Waals surface area contributed by atoms with Crippen LogP contribution in [0.2, 0.25) is 0 Å². The number of carbonyl (C=O) groups excluding carboxylic acids is 2. The number of carbonyl (C=O) groups is 2. The number of para-hydroxylation sites is 1. The highest BCUT2D eigenvalue weighted by atomic mass is 16.2. The SMILES string of the molecule is N#Cc1cnn(-c2ccc3ccccc3n2)c1NC(=O)C1CC(=O)N(c2ccc(N3CCCC3)cc2)C1. The third-order valence-electron chi connectivity index (χ3n) is 7.06. The van der Waals surface area contributed by atoms with Crippen LogP contribution >= 0.6 is 0 Å². The number of nitriles is 1. The molecule has 6 rings (SSSR count). The van der Waals surface area contributed by atoms with Gasteiger partial charge >= 0.3 is 0 Å². The van der Waals surface area contributed by atoms with Crippen molar-refractivity contribution in [2.24, 2.45) is 5.92 Å². The van der Waals surface area contributed by atoms with Gasteiger partial charge in [-0.15, -0.1) is 0 Å². The summed E-state index contributed by atoms with van der Waals surface area (Å²) in [5.74, 6) is -0.248. The molecule has 2 amide bonds. The highest BCUT2D eigenvalue weighted by Crippen LogP contribution is 2.30. The second-order valence-electron chi connectivity index (χ2n) is 9.40. The van der Waals surface area contributed by atoms with Crippen LogP contribution < -0.4 is 15.1 Å². The Balaban J connectivity index is 1.20. The monoisotopic (exact) mass is 491 g/mol. The first-order valence-electron chi connectivity index (χ1n) is 12.4. The molecule has 0 radical (unpaired) electrons. The molecule has 2 aliphatic heterocycles. The van der Waals surface area contributed by atoms with E-state index in [1.807, 2.05) is 54.6 Å². The van der Waals surface area contributed by atoms with E-state index >= 15 is 0 Å². The van der Waals surface area contributed by atoms with Gasteiger partial charge in [0.15, 0.2) is 11.6 Å². The van der Waals surface area contributed by atoms with Gasteiger partial charge in [0.25, 0.3) is 0 Å². The summed E-state index contributed by atoms with van der Waals surface area (Å²) >= 11 is 0. The van der Waals surface area contributed by atoms with Crippen LogP contribution in [0.15, 0.2) is 66.9 Å². The van der Waals surface area contributed by atoms with Crippen LogP contribution in [0.5, 0.6) is 0 Å². The molecule has 2 saturated heterocycles. The first-order valence-corrected chi connectivity index (χ1v) is 12.4. The maximum absolute atomic E-state index is 13.3. The number of aromatic nitrogens is 3. The van der Waals surface area contributed by atoms with Crippen LogP contribution in [0.3, 0.4) is 0 Å². The van der Waals surface area contributed by atoms with E-state index in [-0.39, 0.29) is 36.2 Å². The molecule has 4 aromatic rings. The van der Waals surface area contributed by atoms with Crippen molar-refractivity contribution in [1.29, 1.82) is 5.26 Å². The van der Waals surface area contributed by atoms with Gasteiger partial charge in [0.1, 0.15) is 11.6 Å². The molecule has 1 unspecified atom stereocenters. The number of nitrogens with zero attached hydrogens (tertiary/aromatic N) is 6. The lowest BCUT2D eigenvalue weighted by Crippen LogP contribution is -2.29. The molecule has 0 bridgehead atoms. The van der Waals surface area contributed by atoms with E-state index in [1.165, 1.54) is 23.7 Å². The fraction of sp³-hybridized carbons (Fsp3) is 0.250.